The van der Waals surface area contributed by atoms with Gasteiger partial charge < -0.3 is 11.1 Å². The van der Waals surface area contributed by atoms with Gasteiger partial charge in [-0.1, -0.05) is 20.8 Å². The molecule has 5 heteroatoms. The molecule has 1 rings (SSSR count). The quantitative estimate of drug-likeness (QED) is 0.863. The van der Waals surface area contributed by atoms with Gasteiger partial charge in [-0.05, 0) is 13.3 Å². The molecule has 0 aromatic carbocycles. The SMILES string of the molecule is CC(N)CCNC(=O)c1scnc1C(C)(C)C. The molecule has 0 bridgehead atoms. The van der Waals surface area contributed by atoms with Crippen LogP contribution < -0.4 is 11.1 Å². The van der Waals surface area contributed by atoms with Crippen LogP contribution in [0.4, 0.5) is 0 Å². The Bertz CT molecular complexity index is 379. The van der Waals surface area contributed by atoms with Gasteiger partial charge in [0.1, 0.15) is 4.88 Å². The molecule has 0 saturated heterocycles. The number of hydrogen-bond donors (Lipinski definition) is 2. The van der Waals surface area contributed by atoms with Gasteiger partial charge in [-0.2, -0.15) is 0 Å². The Morgan fingerprint density at radius 3 is 2.76 bits per heavy atom. The third-order valence-corrected chi connectivity index (χ3v) is 3.19. The van der Waals surface area contributed by atoms with E-state index in [0.29, 0.717) is 11.4 Å². The van der Waals surface area contributed by atoms with E-state index in [1.54, 1.807) is 5.51 Å². The maximum Gasteiger partial charge on any atom is 0.263 e. The van der Waals surface area contributed by atoms with E-state index < -0.39 is 0 Å². The number of nitrogens with zero attached hydrogens (tertiary/aromatic N) is 1. The number of hydrogen-bond acceptors (Lipinski definition) is 4. The van der Waals surface area contributed by atoms with Gasteiger partial charge in [0, 0.05) is 18.0 Å². The van der Waals surface area contributed by atoms with Gasteiger partial charge in [0.15, 0.2) is 0 Å². The Labute approximate surface area is 107 Å². The number of nitrogens with two attached hydrogens (primary N) is 1. The van der Waals surface area contributed by atoms with Crippen LogP contribution in [0.15, 0.2) is 5.51 Å². The Kier molecular flexibility index (Phi) is 4.65. The topological polar surface area (TPSA) is 68.0 Å². The highest BCUT2D eigenvalue weighted by Gasteiger charge is 2.24. The molecule has 0 radical (unpaired) electrons. The predicted molar refractivity (Wildman–Crippen MR) is 71.4 cm³/mol. The van der Waals surface area contributed by atoms with E-state index in [1.807, 2.05) is 6.92 Å². The zero-order valence-electron chi connectivity index (χ0n) is 10.9. The van der Waals surface area contributed by atoms with Crippen LogP contribution in [-0.2, 0) is 5.41 Å². The summed E-state index contributed by atoms with van der Waals surface area (Å²) in [6.07, 6.45) is 0.787. The molecule has 0 saturated carbocycles. The van der Waals surface area contributed by atoms with Crippen molar-refractivity contribution >= 4 is 17.2 Å². The van der Waals surface area contributed by atoms with Gasteiger partial charge in [0.25, 0.3) is 5.91 Å². The molecule has 17 heavy (non-hydrogen) atoms. The lowest BCUT2D eigenvalue weighted by Gasteiger charge is -2.17. The summed E-state index contributed by atoms with van der Waals surface area (Å²) in [5, 5.41) is 2.88. The molecule has 1 atom stereocenters. The van der Waals surface area contributed by atoms with Crippen molar-refractivity contribution in [1.29, 1.82) is 0 Å². The number of carbonyl (C=O) groups is 1. The van der Waals surface area contributed by atoms with Crippen molar-refractivity contribution in [3.8, 4) is 0 Å². The molecule has 0 aliphatic carbocycles. The molecule has 1 amide bonds. The zero-order chi connectivity index (χ0) is 13.1. The fraction of sp³-hybridized carbons (Fsp3) is 0.667. The molecule has 4 nitrogen and oxygen atoms in total. The summed E-state index contributed by atoms with van der Waals surface area (Å²) in [5.74, 6) is -0.0434. The number of thiazole rings is 1. The fourth-order valence-electron chi connectivity index (χ4n) is 1.44. The van der Waals surface area contributed by atoms with E-state index in [1.165, 1.54) is 11.3 Å². The number of nitrogens with one attached hydrogen (secondary N) is 1. The second kappa shape index (κ2) is 5.60. The molecule has 1 aromatic rings. The van der Waals surface area contributed by atoms with Gasteiger partial charge >= 0.3 is 0 Å². The van der Waals surface area contributed by atoms with Crippen LogP contribution in [0.5, 0.6) is 0 Å². The average molecular weight is 255 g/mol. The Balaban J connectivity index is 2.67. The second-order valence-corrected chi connectivity index (χ2v) is 6.16. The summed E-state index contributed by atoms with van der Waals surface area (Å²) in [4.78, 5) is 17.0. The maximum atomic E-state index is 12.0. The average Bonchev–Trinajstić information content (AvgIpc) is 2.64. The van der Waals surface area contributed by atoms with Crippen molar-refractivity contribution in [3.05, 3.63) is 16.1 Å². The summed E-state index contributed by atoms with van der Waals surface area (Å²) in [6, 6.07) is 0.110. The lowest BCUT2D eigenvalue weighted by atomic mass is 9.91. The summed E-state index contributed by atoms with van der Waals surface area (Å²) in [6.45, 7) is 8.71. The Morgan fingerprint density at radius 2 is 2.24 bits per heavy atom. The van der Waals surface area contributed by atoms with Gasteiger partial charge in [0.05, 0.1) is 11.2 Å². The lowest BCUT2D eigenvalue weighted by Crippen LogP contribution is -2.30. The van der Waals surface area contributed by atoms with Gasteiger partial charge in [-0.25, -0.2) is 4.98 Å². The molecule has 0 fully saturated rings. The second-order valence-electron chi connectivity index (χ2n) is 5.30. The fourth-order valence-corrected chi connectivity index (χ4v) is 2.35. The van der Waals surface area contributed by atoms with Crippen LogP contribution in [0, 0.1) is 0 Å². The van der Waals surface area contributed by atoms with Crippen LogP contribution in [0.1, 0.15) is 49.5 Å². The largest absolute Gasteiger partial charge is 0.351 e. The van der Waals surface area contributed by atoms with E-state index in [4.69, 9.17) is 5.73 Å². The summed E-state index contributed by atoms with van der Waals surface area (Å²) in [7, 11) is 0. The normalized spacial score (nSPS) is 13.5. The van der Waals surface area contributed by atoms with E-state index >= 15 is 0 Å². The summed E-state index contributed by atoms with van der Waals surface area (Å²) in [5.41, 5.74) is 8.12. The van der Waals surface area contributed by atoms with Crippen molar-refractivity contribution in [2.24, 2.45) is 5.73 Å². The van der Waals surface area contributed by atoms with Crippen molar-refractivity contribution in [1.82, 2.24) is 10.3 Å². The molecule has 3 N–H and O–H groups in total. The standard InChI is InChI=1S/C12H21N3OS/c1-8(13)5-6-14-11(16)9-10(12(2,3)4)15-7-17-9/h7-8H,5-6,13H2,1-4H3,(H,14,16). The molecule has 0 aliphatic heterocycles. The molecule has 0 spiro atoms. The van der Waals surface area contributed by atoms with E-state index in [2.05, 4.69) is 31.1 Å². The first-order chi connectivity index (χ1) is 7.82. The molecular formula is C12H21N3OS. The zero-order valence-corrected chi connectivity index (χ0v) is 11.7. The number of amides is 1. The van der Waals surface area contributed by atoms with Gasteiger partial charge in [0.2, 0.25) is 0 Å². The van der Waals surface area contributed by atoms with Crippen LogP contribution in [0.2, 0.25) is 0 Å². The molecule has 96 valence electrons. The lowest BCUT2D eigenvalue weighted by molar-refractivity contribution is 0.0954. The van der Waals surface area contributed by atoms with Gasteiger partial charge in [-0.3, -0.25) is 4.79 Å². The molecule has 1 unspecified atom stereocenters. The predicted octanol–water partition coefficient (Wildman–Crippen LogP) is 1.91. The highest BCUT2D eigenvalue weighted by Crippen LogP contribution is 2.26. The summed E-state index contributed by atoms with van der Waals surface area (Å²) < 4.78 is 0. The monoisotopic (exact) mass is 255 g/mol. The highest BCUT2D eigenvalue weighted by molar-refractivity contribution is 7.11. The van der Waals surface area contributed by atoms with Crippen molar-refractivity contribution in [2.75, 3.05) is 6.54 Å². The molecule has 0 aliphatic rings. The minimum atomic E-state index is -0.103. The summed E-state index contributed by atoms with van der Waals surface area (Å²) >= 11 is 1.39. The Morgan fingerprint density at radius 1 is 1.59 bits per heavy atom. The number of aromatic nitrogens is 1. The highest BCUT2D eigenvalue weighted by atomic mass is 32.1. The smallest absolute Gasteiger partial charge is 0.263 e. The molecular weight excluding hydrogens is 234 g/mol. The number of rotatable bonds is 4. The first kappa shape index (κ1) is 14.1. The third kappa shape index (κ3) is 4.09. The maximum absolute atomic E-state index is 12.0. The van der Waals surface area contributed by atoms with E-state index in [-0.39, 0.29) is 17.4 Å². The third-order valence-electron chi connectivity index (χ3n) is 2.37. The van der Waals surface area contributed by atoms with Gasteiger partial charge in [-0.15, -0.1) is 11.3 Å². The van der Waals surface area contributed by atoms with E-state index in [0.717, 1.165) is 12.1 Å². The first-order valence-corrected chi connectivity index (χ1v) is 6.68. The van der Waals surface area contributed by atoms with Crippen LogP contribution in [0.25, 0.3) is 0 Å². The minimum absolute atomic E-state index is 0.0434. The van der Waals surface area contributed by atoms with Crippen molar-refractivity contribution in [3.63, 3.8) is 0 Å². The molecule has 1 aromatic heterocycles. The van der Waals surface area contributed by atoms with Crippen LogP contribution in [0.3, 0.4) is 0 Å². The van der Waals surface area contributed by atoms with Crippen molar-refractivity contribution < 1.29 is 4.79 Å². The number of carbonyl (C=O) groups excluding carboxylic acids is 1. The molecule has 1 heterocycles. The van der Waals surface area contributed by atoms with Crippen LogP contribution >= 0.6 is 11.3 Å². The minimum Gasteiger partial charge on any atom is -0.351 e. The van der Waals surface area contributed by atoms with Crippen LogP contribution in [-0.4, -0.2) is 23.5 Å². The van der Waals surface area contributed by atoms with E-state index in [9.17, 15) is 4.79 Å². The Hall–Kier alpha value is -0.940. The first-order valence-electron chi connectivity index (χ1n) is 5.80. The van der Waals surface area contributed by atoms with Crippen molar-refractivity contribution in [2.45, 2.75) is 45.6 Å².